The van der Waals surface area contributed by atoms with Crippen LogP contribution >= 0.6 is 0 Å². The van der Waals surface area contributed by atoms with Crippen LogP contribution in [0.1, 0.15) is 20.8 Å². The van der Waals surface area contributed by atoms with Gasteiger partial charge in [-0.1, -0.05) is 0 Å². The van der Waals surface area contributed by atoms with Gasteiger partial charge < -0.3 is 15.1 Å². The lowest BCUT2D eigenvalue weighted by atomic mass is 10.4. The van der Waals surface area contributed by atoms with E-state index in [0.29, 0.717) is 38.7 Å². The fourth-order valence-electron chi connectivity index (χ4n) is 2.69. The third-order valence-corrected chi connectivity index (χ3v) is 5.91. The first-order valence-corrected chi connectivity index (χ1v) is 10.8. The summed E-state index contributed by atoms with van der Waals surface area (Å²) in [4.78, 5) is 22.6. The summed E-state index contributed by atoms with van der Waals surface area (Å²) in [5.74, 6) is 1.25. The van der Waals surface area contributed by atoms with E-state index in [1.807, 2.05) is 32.7 Å². The van der Waals surface area contributed by atoms with Gasteiger partial charge in [0, 0.05) is 46.3 Å². The Balaban J connectivity index is 2.53. The highest BCUT2D eigenvalue weighted by atomic mass is 32.2. The van der Waals surface area contributed by atoms with E-state index in [1.54, 1.807) is 4.90 Å². The highest BCUT2D eigenvalue weighted by Crippen LogP contribution is 2.03. The first-order chi connectivity index (χ1) is 11.8. The van der Waals surface area contributed by atoms with Crippen LogP contribution in [0.15, 0.2) is 4.99 Å². The molecular formula is C16H33N5O3S. The predicted molar refractivity (Wildman–Crippen MR) is 102 cm³/mol. The van der Waals surface area contributed by atoms with Gasteiger partial charge in [0.05, 0.1) is 24.6 Å². The molecule has 0 spiro atoms. The third kappa shape index (κ3) is 7.60. The van der Waals surface area contributed by atoms with Crippen molar-refractivity contribution in [2.24, 2.45) is 4.99 Å². The number of sulfone groups is 1. The molecule has 0 saturated carbocycles. The zero-order valence-electron chi connectivity index (χ0n) is 16.0. The summed E-state index contributed by atoms with van der Waals surface area (Å²) in [7, 11) is -0.989. The second kappa shape index (κ2) is 10.6. The summed E-state index contributed by atoms with van der Waals surface area (Å²) >= 11 is 0. The Bertz CT molecular complexity index is 532. The average Bonchev–Trinajstić information content (AvgIpc) is 2.56. The summed E-state index contributed by atoms with van der Waals surface area (Å²) in [5.41, 5.74) is 0. The van der Waals surface area contributed by atoms with Crippen LogP contribution in [-0.2, 0) is 14.6 Å². The maximum absolute atomic E-state index is 12.2. The minimum Gasteiger partial charge on any atom is -0.357 e. The van der Waals surface area contributed by atoms with Gasteiger partial charge in [-0.05, 0) is 20.8 Å². The largest absolute Gasteiger partial charge is 0.357 e. The van der Waals surface area contributed by atoms with Gasteiger partial charge in [0.15, 0.2) is 15.8 Å². The van der Waals surface area contributed by atoms with Crippen molar-refractivity contribution in [1.29, 1.82) is 0 Å². The number of carbonyl (C=O) groups excluding carboxylic acids is 1. The number of hydrogen-bond donors (Lipinski definition) is 1. The summed E-state index contributed by atoms with van der Waals surface area (Å²) in [5, 5.41) is 3.20. The summed E-state index contributed by atoms with van der Waals surface area (Å²) < 4.78 is 22.9. The van der Waals surface area contributed by atoms with E-state index < -0.39 is 9.84 Å². The van der Waals surface area contributed by atoms with Crippen LogP contribution in [-0.4, -0.2) is 106 Å². The molecule has 1 amide bonds. The topological polar surface area (TPSA) is 85.3 Å². The molecule has 1 saturated heterocycles. The number of nitrogens with zero attached hydrogens (tertiary/aromatic N) is 4. The highest BCUT2D eigenvalue weighted by molar-refractivity contribution is 7.91. The second-order valence-corrected chi connectivity index (χ2v) is 8.45. The van der Waals surface area contributed by atoms with Gasteiger partial charge in [-0.15, -0.1) is 0 Å². The first-order valence-electron chi connectivity index (χ1n) is 9.02. The Hall–Kier alpha value is -1.35. The Kier molecular flexibility index (Phi) is 9.20. The molecule has 146 valence electrons. The van der Waals surface area contributed by atoms with Crippen LogP contribution in [0.5, 0.6) is 0 Å². The number of carbonyl (C=O) groups is 1. The van der Waals surface area contributed by atoms with Crippen molar-refractivity contribution in [1.82, 2.24) is 20.0 Å². The van der Waals surface area contributed by atoms with Crippen LogP contribution in [0.25, 0.3) is 0 Å². The van der Waals surface area contributed by atoms with E-state index in [0.717, 1.165) is 13.1 Å². The fourth-order valence-corrected chi connectivity index (χ4v) is 3.97. The van der Waals surface area contributed by atoms with Crippen molar-refractivity contribution < 1.29 is 13.2 Å². The molecule has 1 aliphatic rings. The SMILES string of the molecule is CCNC(=NCCN1CCS(=O)(=O)CC1)N(C)CC(=O)N(CC)CC. The second-order valence-electron chi connectivity index (χ2n) is 6.15. The summed E-state index contributed by atoms with van der Waals surface area (Å²) in [6.45, 7) is 10.8. The number of amides is 1. The van der Waals surface area contributed by atoms with Crippen molar-refractivity contribution in [3.63, 3.8) is 0 Å². The normalized spacial score (nSPS) is 18.0. The van der Waals surface area contributed by atoms with Crippen molar-refractivity contribution in [2.75, 3.05) is 70.9 Å². The van der Waals surface area contributed by atoms with E-state index in [2.05, 4.69) is 15.2 Å². The van der Waals surface area contributed by atoms with E-state index in [1.165, 1.54) is 0 Å². The molecule has 8 nitrogen and oxygen atoms in total. The van der Waals surface area contributed by atoms with E-state index in [4.69, 9.17) is 0 Å². The van der Waals surface area contributed by atoms with Gasteiger partial charge in [0.1, 0.15) is 0 Å². The Morgan fingerprint density at radius 1 is 1.16 bits per heavy atom. The zero-order chi connectivity index (χ0) is 18.9. The molecule has 25 heavy (non-hydrogen) atoms. The average molecular weight is 376 g/mol. The van der Waals surface area contributed by atoms with Crippen molar-refractivity contribution >= 4 is 21.7 Å². The first kappa shape index (κ1) is 21.7. The monoisotopic (exact) mass is 375 g/mol. The molecule has 0 aliphatic carbocycles. The minimum absolute atomic E-state index is 0.0827. The van der Waals surface area contributed by atoms with Crippen LogP contribution in [0.4, 0.5) is 0 Å². The molecule has 1 rings (SSSR count). The van der Waals surface area contributed by atoms with E-state index in [9.17, 15) is 13.2 Å². The van der Waals surface area contributed by atoms with Gasteiger partial charge >= 0.3 is 0 Å². The van der Waals surface area contributed by atoms with E-state index >= 15 is 0 Å². The molecule has 0 radical (unpaired) electrons. The maximum Gasteiger partial charge on any atom is 0.242 e. The number of hydrogen-bond acceptors (Lipinski definition) is 5. The molecule has 1 fully saturated rings. The van der Waals surface area contributed by atoms with Crippen molar-refractivity contribution in [2.45, 2.75) is 20.8 Å². The molecule has 0 unspecified atom stereocenters. The summed E-state index contributed by atoms with van der Waals surface area (Å²) in [6, 6.07) is 0. The number of nitrogens with one attached hydrogen (secondary N) is 1. The lowest BCUT2D eigenvalue weighted by Crippen LogP contribution is -2.46. The van der Waals surface area contributed by atoms with Crippen molar-refractivity contribution in [3.05, 3.63) is 0 Å². The smallest absolute Gasteiger partial charge is 0.242 e. The van der Waals surface area contributed by atoms with Gasteiger partial charge in [-0.25, -0.2) is 8.42 Å². The number of aliphatic imine (C=N–C) groups is 1. The minimum atomic E-state index is -2.85. The molecule has 0 aromatic rings. The lowest BCUT2D eigenvalue weighted by Gasteiger charge is -2.27. The van der Waals surface area contributed by atoms with Crippen LogP contribution in [0.3, 0.4) is 0 Å². The van der Waals surface area contributed by atoms with Crippen LogP contribution < -0.4 is 5.32 Å². The standard InChI is InChI=1S/C16H33N5O3S/c1-5-17-16(19(4)14-15(22)21(6-2)7-3)18-8-9-20-10-12-25(23,24)13-11-20/h5-14H2,1-4H3,(H,17,18). The van der Waals surface area contributed by atoms with Gasteiger partial charge in [-0.3, -0.25) is 14.7 Å². The summed E-state index contributed by atoms with van der Waals surface area (Å²) in [6.07, 6.45) is 0. The van der Waals surface area contributed by atoms with Crippen LogP contribution in [0, 0.1) is 0 Å². The number of rotatable bonds is 8. The van der Waals surface area contributed by atoms with Gasteiger partial charge in [0.25, 0.3) is 0 Å². The Labute approximate surface area is 152 Å². The van der Waals surface area contributed by atoms with Crippen LogP contribution in [0.2, 0.25) is 0 Å². The van der Waals surface area contributed by atoms with E-state index in [-0.39, 0.29) is 24.0 Å². The maximum atomic E-state index is 12.2. The molecule has 9 heteroatoms. The fraction of sp³-hybridized carbons (Fsp3) is 0.875. The predicted octanol–water partition coefficient (Wildman–Crippen LogP) is -0.517. The molecule has 1 heterocycles. The molecule has 0 aromatic heterocycles. The third-order valence-electron chi connectivity index (χ3n) is 4.30. The highest BCUT2D eigenvalue weighted by Gasteiger charge is 2.21. The number of guanidine groups is 1. The van der Waals surface area contributed by atoms with Gasteiger partial charge in [0.2, 0.25) is 5.91 Å². The van der Waals surface area contributed by atoms with Crippen molar-refractivity contribution in [3.8, 4) is 0 Å². The molecule has 1 N–H and O–H groups in total. The molecule has 0 aromatic carbocycles. The van der Waals surface area contributed by atoms with Gasteiger partial charge in [-0.2, -0.15) is 0 Å². The number of likely N-dealkylation sites (N-methyl/N-ethyl adjacent to an activating group) is 2. The molecular weight excluding hydrogens is 342 g/mol. The zero-order valence-corrected chi connectivity index (χ0v) is 16.8. The lowest BCUT2D eigenvalue weighted by molar-refractivity contribution is -0.131. The molecule has 1 aliphatic heterocycles. The molecule has 0 atom stereocenters. The molecule has 0 bridgehead atoms. The Morgan fingerprint density at radius 2 is 1.76 bits per heavy atom. The quantitative estimate of drug-likeness (QED) is 0.454. The Morgan fingerprint density at radius 3 is 2.28 bits per heavy atom.